The fourth-order valence-electron chi connectivity index (χ4n) is 3.47. The van der Waals surface area contributed by atoms with Crippen molar-refractivity contribution in [3.63, 3.8) is 0 Å². The maximum Gasteiger partial charge on any atom is 0.242 e. The monoisotopic (exact) mass is 404 g/mol. The summed E-state index contributed by atoms with van der Waals surface area (Å²) in [6, 6.07) is 12.8. The summed E-state index contributed by atoms with van der Waals surface area (Å²) in [7, 11) is 3.49. The van der Waals surface area contributed by atoms with Gasteiger partial charge in [0.05, 0.1) is 11.7 Å². The van der Waals surface area contributed by atoms with Crippen LogP contribution in [-0.4, -0.2) is 36.9 Å². The Balaban J connectivity index is 1.93. The second kappa shape index (κ2) is 10.0. The van der Waals surface area contributed by atoms with Crippen molar-refractivity contribution >= 4 is 23.3 Å². The average molecular weight is 405 g/mol. The summed E-state index contributed by atoms with van der Waals surface area (Å²) in [6.07, 6.45) is 4.05. The lowest BCUT2D eigenvalue weighted by atomic mass is 10.1. The molecule has 0 saturated heterocycles. The molecule has 0 bridgehead atoms. The smallest absolute Gasteiger partial charge is 0.242 e. The number of amides is 2. The van der Waals surface area contributed by atoms with E-state index in [0.717, 1.165) is 31.2 Å². The minimum absolute atomic E-state index is 0.0563. The second-order valence-corrected chi connectivity index (χ2v) is 7.56. The first-order valence-electron chi connectivity index (χ1n) is 10.3. The van der Waals surface area contributed by atoms with E-state index >= 15 is 0 Å². The number of hydrogen-bond donors (Lipinski definition) is 2. The van der Waals surface area contributed by atoms with Crippen molar-refractivity contribution in [3.8, 4) is 11.8 Å². The first-order chi connectivity index (χ1) is 14.5. The summed E-state index contributed by atoms with van der Waals surface area (Å²) in [5, 5.41) is 5.70. The third-order valence-corrected chi connectivity index (χ3v) is 5.45. The maximum absolute atomic E-state index is 12.9. The van der Waals surface area contributed by atoms with Gasteiger partial charge in [0.25, 0.3) is 0 Å². The number of carbonyl (C=O) groups is 2. The van der Waals surface area contributed by atoms with Crippen molar-refractivity contribution in [2.75, 3.05) is 24.3 Å². The molecule has 30 heavy (non-hydrogen) atoms. The number of nitrogens with zero attached hydrogens (tertiary/aromatic N) is 2. The summed E-state index contributed by atoms with van der Waals surface area (Å²) < 4.78 is 0. The highest BCUT2D eigenvalue weighted by atomic mass is 16.2. The first kappa shape index (κ1) is 21.5. The lowest BCUT2D eigenvalue weighted by Gasteiger charge is -2.22. The summed E-state index contributed by atoms with van der Waals surface area (Å²) in [5.74, 6) is 6.57. The third-order valence-electron chi connectivity index (χ3n) is 5.45. The predicted octanol–water partition coefficient (Wildman–Crippen LogP) is 3.18. The molecule has 1 aromatic carbocycles. The molecular formula is C24H28N4O2. The lowest BCUT2D eigenvalue weighted by Crippen LogP contribution is -2.36. The number of nitrogens with one attached hydrogen (secondary N) is 2. The molecule has 1 unspecified atom stereocenters. The predicted molar refractivity (Wildman–Crippen MR) is 119 cm³/mol. The van der Waals surface area contributed by atoms with E-state index in [9.17, 15) is 9.59 Å². The van der Waals surface area contributed by atoms with Gasteiger partial charge in [-0.2, -0.15) is 0 Å². The quantitative estimate of drug-likeness (QED) is 0.751. The molecule has 2 amide bonds. The van der Waals surface area contributed by atoms with E-state index in [-0.39, 0.29) is 23.8 Å². The van der Waals surface area contributed by atoms with Crippen LogP contribution in [0.3, 0.4) is 0 Å². The molecule has 1 saturated carbocycles. The van der Waals surface area contributed by atoms with Gasteiger partial charge < -0.3 is 15.5 Å². The highest BCUT2D eigenvalue weighted by Gasteiger charge is 2.27. The molecule has 6 nitrogen and oxygen atoms in total. The minimum Gasteiger partial charge on any atom is -0.313 e. The number of benzene rings is 1. The third kappa shape index (κ3) is 5.25. The second-order valence-electron chi connectivity index (χ2n) is 7.56. The van der Waals surface area contributed by atoms with Gasteiger partial charge in [-0.3, -0.25) is 9.59 Å². The lowest BCUT2D eigenvalue weighted by molar-refractivity contribution is -0.122. The van der Waals surface area contributed by atoms with Gasteiger partial charge in [0.2, 0.25) is 11.8 Å². The van der Waals surface area contributed by atoms with Crippen LogP contribution in [0.4, 0.5) is 11.5 Å². The summed E-state index contributed by atoms with van der Waals surface area (Å²) in [6.45, 7) is 1.77. The fraction of sp³-hybridized carbons (Fsp3) is 0.375. The van der Waals surface area contributed by atoms with Crippen molar-refractivity contribution in [1.29, 1.82) is 0 Å². The zero-order chi connectivity index (χ0) is 21.5. The van der Waals surface area contributed by atoms with Crippen LogP contribution in [0, 0.1) is 17.8 Å². The number of likely N-dealkylation sites (N-methyl/N-ethyl adjacent to an activating group) is 1. The van der Waals surface area contributed by atoms with Crippen LogP contribution in [0.1, 0.15) is 43.9 Å². The molecule has 0 aliphatic heterocycles. The van der Waals surface area contributed by atoms with Crippen LogP contribution < -0.4 is 15.5 Å². The van der Waals surface area contributed by atoms with E-state index in [1.165, 1.54) is 0 Å². The number of aromatic nitrogens is 1. The minimum atomic E-state index is -0.350. The van der Waals surface area contributed by atoms with Gasteiger partial charge in [0.1, 0.15) is 11.5 Å². The van der Waals surface area contributed by atoms with Crippen LogP contribution in [0.5, 0.6) is 0 Å². The molecule has 1 aromatic heterocycles. The molecule has 1 heterocycles. The van der Waals surface area contributed by atoms with Crippen molar-refractivity contribution in [2.45, 2.75) is 38.6 Å². The molecular weight excluding hydrogens is 376 g/mol. The molecule has 6 heteroatoms. The highest BCUT2D eigenvalue weighted by Crippen LogP contribution is 2.29. The number of carbonyl (C=O) groups excluding carboxylic acids is 2. The Morgan fingerprint density at radius 2 is 1.80 bits per heavy atom. The van der Waals surface area contributed by atoms with E-state index in [2.05, 4.69) is 27.5 Å². The molecule has 1 fully saturated rings. The Hall–Kier alpha value is -3.17. The SMILES string of the molecule is CNC(C)C(=O)Nc1ccc(N(C)C(=O)C2CCCC2)c(C#Cc2ccccc2)n1. The fourth-order valence-corrected chi connectivity index (χ4v) is 3.47. The van der Waals surface area contributed by atoms with E-state index in [4.69, 9.17) is 0 Å². The highest BCUT2D eigenvalue weighted by molar-refractivity contribution is 5.97. The molecule has 2 N–H and O–H groups in total. The Labute approximate surface area is 178 Å². The Kier molecular flexibility index (Phi) is 7.21. The first-order valence-corrected chi connectivity index (χ1v) is 10.3. The van der Waals surface area contributed by atoms with E-state index in [0.29, 0.717) is 17.2 Å². The zero-order valence-corrected chi connectivity index (χ0v) is 17.7. The average Bonchev–Trinajstić information content (AvgIpc) is 3.32. The number of hydrogen-bond acceptors (Lipinski definition) is 4. The largest absolute Gasteiger partial charge is 0.313 e. The molecule has 2 aromatic rings. The molecule has 1 aliphatic carbocycles. The van der Waals surface area contributed by atoms with Crippen LogP contribution in [-0.2, 0) is 9.59 Å². The molecule has 156 valence electrons. The molecule has 1 aliphatic rings. The molecule has 3 rings (SSSR count). The summed E-state index contributed by atoms with van der Waals surface area (Å²) in [4.78, 5) is 31.4. The van der Waals surface area contributed by atoms with Gasteiger partial charge in [-0.05, 0) is 57.0 Å². The van der Waals surface area contributed by atoms with Crippen molar-refractivity contribution in [2.24, 2.45) is 5.92 Å². The van der Waals surface area contributed by atoms with E-state index in [1.807, 2.05) is 30.3 Å². The van der Waals surface area contributed by atoms with Gasteiger partial charge in [-0.25, -0.2) is 4.98 Å². The van der Waals surface area contributed by atoms with Crippen LogP contribution in [0.15, 0.2) is 42.5 Å². The standard InChI is InChI=1S/C24H28N4O2/c1-17(25-2)23(29)27-22-16-15-21(28(3)24(30)19-11-7-8-12-19)20(26-22)14-13-18-9-5-4-6-10-18/h4-6,9-10,15-17,19,25H,7-8,11-12H2,1-3H3,(H,26,27,29). The van der Waals surface area contributed by atoms with Gasteiger partial charge in [0, 0.05) is 18.5 Å². The Morgan fingerprint density at radius 1 is 1.10 bits per heavy atom. The normalized spacial score (nSPS) is 14.5. The summed E-state index contributed by atoms with van der Waals surface area (Å²) in [5.41, 5.74) is 1.96. The topological polar surface area (TPSA) is 74.3 Å². The van der Waals surface area contributed by atoms with Crippen LogP contribution >= 0.6 is 0 Å². The van der Waals surface area contributed by atoms with Crippen molar-refractivity contribution < 1.29 is 9.59 Å². The molecule has 0 spiro atoms. The maximum atomic E-state index is 12.9. The van der Waals surface area contributed by atoms with Crippen molar-refractivity contribution in [1.82, 2.24) is 10.3 Å². The Morgan fingerprint density at radius 3 is 2.47 bits per heavy atom. The zero-order valence-electron chi connectivity index (χ0n) is 17.7. The number of rotatable bonds is 5. The molecule has 1 atom stereocenters. The van der Waals surface area contributed by atoms with E-state index in [1.54, 1.807) is 38.1 Å². The van der Waals surface area contributed by atoms with Gasteiger partial charge >= 0.3 is 0 Å². The number of anilines is 2. The van der Waals surface area contributed by atoms with Gasteiger partial charge in [0.15, 0.2) is 0 Å². The molecule has 0 radical (unpaired) electrons. The van der Waals surface area contributed by atoms with Crippen LogP contribution in [0.25, 0.3) is 0 Å². The van der Waals surface area contributed by atoms with Crippen molar-refractivity contribution in [3.05, 3.63) is 53.7 Å². The van der Waals surface area contributed by atoms with Crippen LogP contribution in [0.2, 0.25) is 0 Å². The van der Waals surface area contributed by atoms with E-state index < -0.39 is 0 Å². The summed E-state index contributed by atoms with van der Waals surface area (Å²) >= 11 is 0. The Bertz CT molecular complexity index is 956. The number of pyridine rings is 1. The van der Waals surface area contributed by atoms with Gasteiger partial charge in [-0.15, -0.1) is 0 Å². The van der Waals surface area contributed by atoms with Gasteiger partial charge in [-0.1, -0.05) is 37.0 Å².